The molecule has 0 saturated heterocycles. The molecule has 1 heterocycles. The number of amides is 2. The normalized spacial score (nSPS) is 13.5. The molecule has 8 nitrogen and oxygen atoms in total. The molecule has 2 amide bonds. The van der Waals surface area contributed by atoms with Crippen molar-refractivity contribution in [2.45, 2.75) is 4.90 Å². The predicted molar refractivity (Wildman–Crippen MR) is 109 cm³/mol. The maximum Gasteiger partial charge on any atom is 0.266 e. The number of benzene rings is 2. The summed E-state index contributed by atoms with van der Waals surface area (Å²) >= 11 is 0. The fourth-order valence-corrected chi connectivity index (χ4v) is 3.43. The van der Waals surface area contributed by atoms with E-state index in [1.165, 1.54) is 18.2 Å². The number of nitrogens with zero attached hydrogens (tertiary/aromatic N) is 1. The fraction of sp³-hybridized carbons (Fsp3) is 0.100. The van der Waals surface area contributed by atoms with E-state index in [0.29, 0.717) is 17.8 Å². The van der Waals surface area contributed by atoms with Gasteiger partial charge in [-0.1, -0.05) is 42.5 Å². The fourth-order valence-electron chi connectivity index (χ4n) is 2.57. The van der Waals surface area contributed by atoms with Crippen molar-refractivity contribution in [3.63, 3.8) is 0 Å². The molecule has 1 aliphatic heterocycles. The van der Waals surface area contributed by atoms with Gasteiger partial charge >= 0.3 is 0 Å². The maximum atomic E-state index is 12.2. The lowest BCUT2D eigenvalue weighted by Gasteiger charge is -2.22. The Morgan fingerprint density at radius 2 is 1.62 bits per heavy atom. The highest BCUT2D eigenvalue weighted by Crippen LogP contribution is 2.10. The van der Waals surface area contributed by atoms with Crippen LogP contribution in [-0.2, 0) is 19.6 Å². The first-order valence-electron chi connectivity index (χ1n) is 8.78. The average Bonchev–Trinajstić information content (AvgIpc) is 2.74. The molecular weight excluding hydrogens is 392 g/mol. The van der Waals surface area contributed by atoms with Crippen molar-refractivity contribution < 1.29 is 18.0 Å². The molecule has 0 saturated carbocycles. The Kier molecular flexibility index (Phi) is 6.43. The number of hydrogen-bond acceptors (Lipinski definition) is 5. The molecule has 0 radical (unpaired) electrons. The van der Waals surface area contributed by atoms with Gasteiger partial charge in [-0.25, -0.2) is 8.42 Å². The Labute approximate surface area is 168 Å². The van der Waals surface area contributed by atoms with Gasteiger partial charge in [0.15, 0.2) is 0 Å². The number of rotatable bonds is 7. The molecular formula is C20H20N4O4S. The van der Waals surface area contributed by atoms with Gasteiger partial charge < -0.3 is 10.2 Å². The molecule has 1 aliphatic rings. The SMILES string of the molecule is O=C(CN1C=CC(C(=O)NNS(=O)(=O)c2ccccc2)=CC1)Nc1ccccc1. The van der Waals surface area contributed by atoms with Gasteiger partial charge in [-0.05, 0) is 30.3 Å². The molecule has 150 valence electrons. The number of hydrogen-bond donors (Lipinski definition) is 3. The van der Waals surface area contributed by atoms with Crippen LogP contribution >= 0.6 is 0 Å². The standard InChI is InChI=1S/C20H20N4O4S/c25-19(21-17-7-3-1-4-8-17)15-24-13-11-16(12-14-24)20(26)22-23-29(27,28)18-9-5-2-6-10-18/h1-13,23H,14-15H2,(H,21,25)(H,22,26). The van der Waals surface area contributed by atoms with Gasteiger partial charge in [0.25, 0.3) is 15.9 Å². The summed E-state index contributed by atoms with van der Waals surface area (Å²) in [6.07, 6.45) is 4.75. The zero-order valence-electron chi connectivity index (χ0n) is 15.4. The summed E-state index contributed by atoms with van der Waals surface area (Å²) in [5, 5.41) is 2.78. The van der Waals surface area contributed by atoms with Gasteiger partial charge in [0.1, 0.15) is 0 Å². The van der Waals surface area contributed by atoms with E-state index >= 15 is 0 Å². The van der Waals surface area contributed by atoms with E-state index in [0.717, 1.165) is 0 Å². The summed E-state index contributed by atoms with van der Waals surface area (Å²) < 4.78 is 24.3. The van der Waals surface area contributed by atoms with E-state index in [2.05, 4.69) is 15.6 Å². The summed E-state index contributed by atoms with van der Waals surface area (Å²) in [6, 6.07) is 16.8. The van der Waals surface area contributed by atoms with E-state index in [1.807, 2.05) is 18.2 Å². The molecule has 3 rings (SSSR count). The Balaban J connectivity index is 1.48. The number of carbonyl (C=O) groups excluding carboxylic acids is 2. The molecule has 0 fully saturated rings. The molecule has 9 heteroatoms. The van der Waals surface area contributed by atoms with Crippen molar-refractivity contribution in [2.24, 2.45) is 0 Å². The second-order valence-corrected chi connectivity index (χ2v) is 7.87. The van der Waals surface area contributed by atoms with Crippen LogP contribution in [0.5, 0.6) is 0 Å². The molecule has 3 N–H and O–H groups in total. The van der Waals surface area contributed by atoms with E-state index < -0.39 is 15.9 Å². The zero-order chi connectivity index (χ0) is 20.7. The summed E-state index contributed by atoms with van der Waals surface area (Å²) in [4.78, 5) is 28.1. The van der Waals surface area contributed by atoms with Gasteiger partial charge in [-0.15, -0.1) is 4.83 Å². The van der Waals surface area contributed by atoms with E-state index in [1.54, 1.807) is 47.5 Å². The van der Waals surface area contributed by atoms with Crippen LogP contribution in [-0.4, -0.2) is 38.2 Å². The van der Waals surface area contributed by atoms with Crippen molar-refractivity contribution >= 4 is 27.5 Å². The second-order valence-electron chi connectivity index (χ2n) is 6.19. The van der Waals surface area contributed by atoms with Gasteiger partial charge in [0.05, 0.1) is 11.4 Å². The lowest BCUT2D eigenvalue weighted by Crippen LogP contribution is -2.42. The monoisotopic (exact) mass is 412 g/mol. The van der Waals surface area contributed by atoms with Crippen LogP contribution in [0.1, 0.15) is 0 Å². The smallest absolute Gasteiger partial charge is 0.266 e. The first kappa shape index (κ1) is 20.3. The number of sulfonamides is 1. The van der Waals surface area contributed by atoms with Crippen LogP contribution in [0.3, 0.4) is 0 Å². The molecule has 2 aromatic rings. The van der Waals surface area contributed by atoms with Gasteiger partial charge in [0.2, 0.25) is 5.91 Å². The van der Waals surface area contributed by atoms with Gasteiger partial charge in [-0.2, -0.15) is 0 Å². The van der Waals surface area contributed by atoms with Crippen molar-refractivity contribution in [2.75, 3.05) is 18.4 Å². The van der Waals surface area contributed by atoms with Crippen molar-refractivity contribution in [3.05, 3.63) is 84.6 Å². The molecule has 0 spiro atoms. The highest BCUT2D eigenvalue weighted by Gasteiger charge is 2.17. The summed E-state index contributed by atoms with van der Waals surface area (Å²) in [5.41, 5.74) is 3.19. The van der Waals surface area contributed by atoms with E-state index in [9.17, 15) is 18.0 Å². The minimum Gasteiger partial charge on any atom is -0.364 e. The summed E-state index contributed by atoms with van der Waals surface area (Å²) in [5.74, 6) is -0.771. The molecule has 0 unspecified atom stereocenters. The number of hydrazine groups is 1. The van der Waals surface area contributed by atoms with Crippen LogP contribution in [0.4, 0.5) is 5.69 Å². The quantitative estimate of drug-likeness (QED) is 0.596. The first-order valence-corrected chi connectivity index (χ1v) is 10.3. The van der Waals surface area contributed by atoms with Crippen molar-refractivity contribution in [1.82, 2.24) is 15.2 Å². The molecule has 2 aromatic carbocycles. The van der Waals surface area contributed by atoms with Crippen LogP contribution in [0.15, 0.2) is 89.5 Å². The minimum absolute atomic E-state index is 0.0454. The second kappa shape index (κ2) is 9.18. The van der Waals surface area contributed by atoms with E-state index in [-0.39, 0.29) is 17.3 Å². The Morgan fingerprint density at radius 3 is 2.24 bits per heavy atom. The molecule has 0 aliphatic carbocycles. The van der Waals surface area contributed by atoms with E-state index in [4.69, 9.17) is 0 Å². The average molecular weight is 412 g/mol. The van der Waals surface area contributed by atoms with Crippen molar-refractivity contribution in [1.29, 1.82) is 0 Å². The van der Waals surface area contributed by atoms with Crippen LogP contribution in [0, 0.1) is 0 Å². The summed E-state index contributed by atoms with van der Waals surface area (Å²) in [7, 11) is -3.85. The summed E-state index contributed by atoms with van der Waals surface area (Å²) in [6.45, 7) is 0.463. The molecule has 0 aromatic heterocycles. The van der Waals surface area contributed by atoms with Crippen molar-refractivity contribution in [3.8, 4) is 0 Å². The lowest BCUT2D eigenvalue weighted by molar-refractivity contribution is -0.117. The molecule has 0 atom stereocenters. The topological polar surface area (TPSA) is 108 Å². The van der Waals surface area contributed by atoms with Crippen LogP contribution < -0.4 is 15.6 Å². The Hall–Kier alpha value is -3.43. The first-order chi connectivity index (χ1) is 13.9. The van der Waals surface area contributed by atoms with Crippen LogP contribution in [0.25, 0.3) is 0 Å². The minimum atomic E-state index is -3.85. The molecule has 29 heavy (non-hydrogen) atoms. The van der Waals surface area contributed by atoms with Gasteiger partial charge in [0, 0.05) is 24.0 Å². The maximum absolute atomic E-state index is 12.2. The predicted octanol–water partition coefficient (Wildman–Crippen LogP) is 1.39. The number of para-hydroxylation sites is 1. The largest absolute Gasteiger partial charge is 0.364 e. The number of carbonyl (C=O) groups is 2. The lowest BCUT2D eigenvalue weighted by atomic mass is 10.2. The third kappa shape index (κ3) is 5.77. The Morgan fingerprint density at radius 1 is 0.966 bits per heavy atom. The third-order valence-electron chi connectivity index (χ3n) is 4.03. The zero-order valence-corrected chi connectivity index (χ0v) is 16.2. The Bertz CT molecular complexity index is 1030. The highest BCUT2D eigenvalue weighted by atomic mass is 32.2. The number of anilines is 1. The van der Waals surface area contributed by atoms with Crippen LogP contribution in [0.2, 0.25) is 0 Å². The molecule has 0 bridgehead atoms. The third-order valence-corrected chi connectivity index (χ3v) is 5.29. The highest BCUT2D eigenvalue weighted by molar-refractivity contribution is 7.89. The number of nitrogens with one attached hydrogen (secondary N) is 3. The van der Waals surface area contributed by atoms with Gasteiger partial charge in [-0.3, -0.25) is 15.0 Å².